The first-order valence-electron chi connectivity index (χ1n) is 6.48. The van der Waals surface area contributed by atoms with Gasteiger partial charge in [0.25, 0.3) is 0 Å². The molecule has 0 heterocycles. The SMILES string of the molecule is COC(=O)c1ccc([B]OC(C)(C)C(C)(C)OC)cc1. The van der Waals surface area contributed by atoms with E-state index in [4.69, 9.17) is 9.39 Å². The van der Waals surface area contributed by atoms with Crippen LogP contribution >= 0.6 is 0 Å². The zero-order valence-corrected chi connectivity index (χ0v) is 13.0. The van der Waals surface area contributed by atoms with Crippen LogP contribution in [0.15, 0.2) is 24.3 Å². The Morgan fingerprint density at radius 1 is 1.00 bits per heavy atom. The van der Waals surface area contributed by atoms with E-state index in [9.17, 15) is 4.79 Å². The summed E-state index contributed by atoms with van der Waals surface area (Å²) in [6, 6.07) is 7.02. The molecule has 20 heavy (non-hydrogen) atoms. The normalized spacial score (nSPS) is 12.1. The number of hydrogen-bond donors (Lipinski definition) is 0. The van der Waals surface area contributed by atoms with Gasteiger partial charge in [-0.05, 0) is 39.8 Å². The Morgan fingerprint density at radius 2 is 1.55 bits per heavy atom. The van der Waals surface area contributed by atoms with Gasteiger partial charge >= 0.3 is 13.5 Å². The topological polar surface area (TPSA) is 44.8 Å². The minimum Gasteiger partial charge on any atom is -0.465 e. The van der Waals surface area contributed by atoms with Gasteiger partial charge in [0.05, 0.1) is 23.9 Å². The average Bonchev–Trinajstić information content (AvgIpc) is 2.44. The lowest BCUT2D eigenvalue weighted by molar-refractivity contribution is -0.114. The number of benzene rings is 1. The molecule has 1 radical (unpaired) electrons. The molecule has 0 aliphatic heterocycles. The van der Waals surface area contributed by atoms with E-state index in [1.54, 1.807) is 26.7 Å². The van der Waals surface area contributed by atoms with Crippen LogP contribution in [0, 0.1) is 0 Å². The molecule has 0 fully saturated rings. The van der Waals surface area contributed by atoms with Gasteiger partial charge in [-0.25, -0.2) is 4.79 Å². The summed E-state index contributed by atoms with van der Waals surface area (Å²) in [6.45, 7) is 7.88. The van der Waals surface area contributed by atoms with Gasteiger partial charge in [-0.15, -0.1) is 0 Å². The van der Waals surface area contributed by atoms with Crippen molar-refractivity contribution in [1.29, 1.82) is 0 Å². The minimum absolute atomic E-state index is 0.349. The lowest BCUT2D eigenvalue weighted by atomic mass is 9.82. The number of rotatable bonds is 6. The van der Waals surface area contributed by atoms with Crippen LogP contribution in [0.5, 0.6) is 0 Å². The van der Waals surface area contributed by atoms with Gasteiger partial charge in [0.15, 0.2) is 0 Å². The first-order valence-corrected chi connectivity index (χ1v) is 6.48. The highest BCUT2D eigenvalue weighted by molar-refractivity contribution is 6.47. The molecule has 109 valence electrons. The fraction of sp³-hybridized carbons (Fsp3) is 0.533. The summed E-state index contributed by atoms with van der Waals surface area (Å²) in [5.41, 5.74) is 0.483. The van der Waals surface area contributed by atoms with E-state index in [1.807, 2.05) is 39.8 Å². The maximum absolute atomic E-state index is 11.3. The summed E-state index contributed by atoms with van der Waals surface area (Å²) in [5.74, 6) is -0.349. The molecular weight excluding hydrogens is 255 g/mol. The Kier molecular flexibility index (Phi) is 5.37. The molecular formula is C15H22BO4. The number of methoxy groups -OCH3 is 2. The van der Waals surface area contributed by atoms with Gasteiger partial charge in [0.1, 0.15) is 0 Å². The molecule has 5 heteroatoms. The Hall–Kier alpha value is -1.33. The lowest BCUT2D eigenvalue weighted by Gasteiger charge is -2.40. The van der Waals surface area contributed by atoms with Crippen LogP contribution in [0.4, 0.5) is 0 Å². The molecule has 1 aromatic carbocycles. The quantitative estimate of drug-likeness (QED) is 0.589. The van der Waals surface area contributed by atoms with Crippen molar-refractivity contribution < 1.29 is 18.9 Å². The van der Waals surface area contributed by atoms with Crippen molar-refractivity contribution in [3.63, 3.8) is 0 Å². The Balaban J connectivity index is 2.69. The molecule has 0 spiro atoms. The molecule has 0 saturated heterocycles. The number of ether oxygens (including phenoxy) is 2. The van der Waals surface area contributed by atoms with Crippen LogP contribution in [-0.4, -0.2) is 38.9 Å². The standard InChI is InChI=1S/C15H22BO4/c1-14(2,19-6)15(3,4)20-16-12-9-7-11(8-10-12)13(17)18-5/h7-10H,1-6H3. The van der Waals surface area contributed by atoms with Crippen LogP contribution in [0.1, 0.15) is 38.1 Å². The molecule has 0 N–H and O–H groups in total. The van der Waals surface area contributed by atoms with Gasteiger partial charge in [-0.3, -0.25) is 0 Å². The van der Waals surface area contributed by atoms with Gasteiger partial charge in [0.2, 0.25) is 0 Å². The molecule has 0 saturated carbocycles. The van der Waals surface area contributed by atoms with E-state index in [2.05, 4.69) is 4.74 Å². The number of carbonyl (C=O) groups excluding carboxylic acids is 1. The van der Waals surface area contributed by atoms with E-state index in [-0.39, 0.29) is 5.97 Å². The third-order valence-corrected chi connectivity index (χ3v) is 3.78. The van der Waals surface area contributed by atoms with Gasteiger partial charge in [0, 0.05) is 7.11 Å². The van der Waals surface area contributed by atoms with E-state index >= 15 is 0 Å². The lowest BCUT2D eigenvalue weighted by Crippen LogP contribution is -2.50. The number of carbonyl (C=O) groups is 1. The molecule has 0 atom stereocenters. The monoisotopic (exact) mass is 277 g/mol. The Labute approximate surface area is 121 Å². The third-order valence-electron chi connectivity index (χ3n) is 3.78. The number of esters is 1. The largest absolute Gasteiger partial charge is 0.465 e. The Morgan fingerprint density at radius 3 is 2.00 bits per heavy atom. The van der Waals surface area contributed by atoms with Crippen LogP contribution in [0.2, 0.25) is 0 Å². The third kappa shape index (κ3) is 3.84. The summed E-state index contributed by atoms with van der Waals surface area (Å²) >= 11 is 0. The van der Waals surface area contributed by atoms with Crippen molar-refractivity contribution in [3.05, 3.63) is 29.8 Å². The maximum Gasteiger partial charge on any atom is 0.337 e. The summed E-state index contributed by atoms with van der Waals surface area (Å²) < 4.78 is 15.9. The van der Waals surface area contributed by atoms with Crippen molar-refractivity contribution in [1.82, 2.24) is 0 Å². The van der Waals surface area contributed by atoms with Crippen molar-refractivity contribution in [2.75, 3.05) is 14.2 Å². The van der Waals surface area contributed by atoms with Crippen molar-refractivity contribution in [3.8, 4) is 0 Å². The highest BCUT2D eigenvalue weighted by Crippen LogP contribution is 2.27. The highest BCUT2D eigenvalue weighted by Gasteiger charge is 2.37. The van der Waals surface area contributed by atoms with E-state index in [0.29, 0.717) is 5.56 Å². The molecule has 4 nitrogen and oxygen atoms in total. The first kappa shape index (κ1) is 16.7. The summed E-state index contributed by atoms with van der Waals surface area (Å²) in [6.07, 6.45) is 0. The fourth-order valence-corrected chi connectivity index (χ4v) is 1.42. The zero-order chi connectivity index (χ0) is 15.4. The minimum atomic E-state index is -0.483. The molecule has 1 rings (SSSR count). The summed E-state index contributed by atoms with van der Waals surface area (Å²) in [7, 11) is 4.69. The fourth-order valence-electron chi connectivity index (χ4n) is 1.42. The maximum atomic E-state index is 11.3. The Bertz CT molecular complexity index is 451. The molecule has 0 aliphatic rings. The van der Waals surface area contributed by atoms with Gasteiger partial charge in [-0.1, -0.05) is 17.6 Å². The average molecular weight is 277 g/mol. The first-order chi connectivity index (χ1) is 9.23. The molecule has 0 amide bonds. The number of hydrogen-bond acceptors (Lipinski definition) is 4. The second-order valence-corrected chi connectivity index (χ2v) is 5.57. The molecule has 0 bridgehead atoms. The molecule has 0 aromatic heterocycles. The van der Waals surface area contributed by atoms with Crippen LogP contribution in [0.25, 0.3) is 0 Å². The second kappa shape index (κ2) is 6.42. The summed E-state index contributed by atoms with van der Waals surface area (Å²) in [4.78, 5) is 11.3. The van der Waals surface area contributed by atoms with Crippen molar-refractivity contribution >= 4 is 18.9 Å². The zero-order valence-electron chi connectivity index (χ0n) is 13.0. The van der Waals surface area contributed by atoms with Crippen LogP contribution in [-0.2, 0) is 14.1 Å². The predicted molar refractivity (Wildman–Crippen MR) is 79.4 cm³/mol. The van der Waals surface area contributed by atoms with E-state index < -0.39 is 11.2 Å². The highest BCUT2D eigenvalue weighted by atomic mass is 16.5. The molecule has 0 unspecified atom stereocenters. The van der Waals surface area contributed by atoms with Gasteiger partial charge < -0.3 is 14.1 Å². The second-order valence-electron chi connectivity index (χ2n) is 5.57. The van der Waals surface area contributed by atoms with Crippen molar-refractivity contribution in [2.45, 2.75) is 38.9 Å². The van der Waals surface area contributed by atoms with E-state index in [0.717, 1.165) is 5.46 Å². The molecule has 1 aromatic rings. The van der Waals surface area contributed by atoms with Crippen LogP contribution < -0.4 is 5.46 Å². The van der Waals surface area contributed by atoms with Crippen molar-refractivity contribution in [2.24, 2.45) is 0 Å². The van der Waals surface area contributed by atoms with E-state index in [1.165, 1.54) is 7.11 Å². The van der Waals surface area contributed by atoms with Gasteiger partial charge in [-0.2, -0.15) is 0 Å². The summed E-state index contributed by atoms with van der Waals surface area (Å²) in [5, 5.41) is 0. The smallest absolute Gasteiger partial charge is 0.337 e. The predicted octanol–water partition coefficient (Wildman–Crippen LogP) is 1.94. The van der Waals surface area contributed by atoms with Crippen LogP contribution in [0.3, 0.4) is 0 Å². The molecule has 0 aliphatic carbocycles.